The van der Waals surface area contributed by atoms with Gasteiger partial charge in [0, 0.05) is 42.7 Å². The van der Waals surface area contributed by atoms with Gasteiger partial charge in [0.25, 0.3) is 0 Å². The molecule has 3 N–H and O–H groups in total. The quantitative estimate of drug-likeness (QED) is 0.298. The van der Waals surface area contributed by atoms with Crippen molar-refractivity contribution in [2.75, 3.05) is 25.0 Å². The molecule has 0 aliphatic carbocycles. The molecule has 1 unspecified atom stereocenters. The molecule has 0 aliphatic rings. The average Bonchev–Trinajstić information content (AvgIpc) is 3.13. The van der Waals surface area contributed by atoms with Crippen LogP contribution in [0.1, 0.15) is 39.8 Å². The minimum absolute atomic E-state index is 0.169. The number of hydrogen-bond acceptors (Lipinski definition) is 6. The van der Waals surface area contributed by atoms with E-state index in [-0.39, 0.29) is 12.5 Å². The second-order valence-corrected chi connectivity index (χ2v) is 7.39. The van der Waals surface area contributed by atoms with Gasteiger partial charge in [-0.15, -0.1) is 0 Å². The topological polar surface area (TPSA) is 101 Å². The molecule has 162 valence electrons. The van der Waals surface area contributed by atoms with Crippen LogP contribution in [-0.2, 0) is 0 Å². The molecule has 2 rings (SSSR count). The van der Waals surface area contributed by atoms with Crippen molar-refractivity contribution in [3.05, 3.63) is 36.2 Å². The number of anilines is 1. The molecule has 0 spiro atoms. The molecule has 0 saturated heterocycles. The Morgan fingerprint density at radius 2 is 2.17 bits per heavy atom. The Morgan fingerprint density at radius 3 is 2.83 bits per heavy atom. The van der Waals surface area contributed by atoms with Gasteiger partial charge < -0.3 is 10.4 Å². The minimum atomic E-state index is 0.169. The molecular weight excluding hydrogens is 378 g/mol. The van der Waals surface area contributed by atoms with E-state index in [1.165, 1.54) is 0 Å². The number of H-pyrrole nitrogens is 1. The van der Waals surface area contributed by atoms with Gasteiger partial charge in [-0.2, -0.15) is 10.2 Å². The van der Waals surface area contributed by atoms with Crippen LogP contribution in [-0.4, -0.2) is 64.8 Å². The van der Waals surface area contributed by atoms with Gasteiger partial charge in [-0.1, -0.05) is 6.92 Å². The highest BCUT2D eigenvalue weighted by atomic mass is 16.3. The summed E-state index contributed by atoms with van der Waals surface area (Å²) in [6.45, 7) is 13.5. The lowest BCUT2D eigenvalue weighted by molar-refractivity contribution is 0.276. The Hall–Kier alpha value is -3.00. The molecule has 2 aromatic rings. The lowest BCUT2D eigenvalue weighted by Gasteiger charge is -2.15. The summed E-state index contributed by atoms with van der Waals surface area (Å²) in [5.41, 5.74) is 2.61. The molecule has 1 aromatic heterocycles. The van der Waals surface area contributed by atoms with E-state index in [0.717, 1.165) is 23.1 Å². The first-order valence-electron chi connectivity index (χ1n) is 10.3. The zero-order valence-corrected chi connectivity index (χ0v) is 18.3. The number of aliphatic hydroxyl groups is 1. The predicted molar refractivity (Wildman–Crippen MR) is 127 cm³/mol. The van der Waals surface area contributed by atoms with Crippen molar-refractivity contribution < 1.29 is 5.11 Å². The van der Waals surface area contributed by atoms with Crippen molar-refractivity contribution in [3.8, 4) is 0 Å². The van der Waals surface area contributed by atoms with Crippen molar-refractivity contribution in [1.29, 1.82) is 0 Å². The Balaban J connectivity index is 2.12. The molecule has 0 aliphatic heterocycles. The molecule has 0 saturated carbocycles. The highest BCUT2D eigenvalue weighted by Crippen LogP contribution is 2.22. The van der Waals surface area contributed by atoms with E-state index in [9.17, 15) is 0 Å². The smallest absolute Gasteiger partial charge is 0.180 e. The SMILES string of the molecule is C=NC(=N/C=C\CN(CC)/N=C\C(C)CCO)c1n[nH]c2ccc(NC(C)C)cc12. The van der Waals surface area contributed by atoms with E-state index in [0.29, 0.717) is 30.5 Å². The summed E-state index contributed by atoms with van der Waals surface area (Å²) >= 11 is 0. The second kappa shape index (κ2) is 11.9. The van der Waals surface area contributed by atoms with Gasteiger partial charge in [0.05, 0.1) is 12.1 Å². The number of rotatable bonds is 11. The number of amidine groups is 1. The van der Waals surface area contributed by atoms with Crippen LogP contribution in [0, 0.1) is 5.92 Å². The normalized spacial score (nSPS) is 13.6. The summed E-state index contributed by atoms with van der Waals surface area (Å²) < 4.78 is 0. The fourth-order valence-corrected chi connectivity index (χ4v) is 2.82. The van der Waals surface area contributed by atoms with Gasteiger partial charge in [0.1, 0.15) is 5.69 Å². The van der Waals surface area contributed by atoms with Gasteiger partial charge in [-0.3, -0.25) is 10.1 Å². The van der Waals surface area contributed by atoms with Gasteiger partial charge in [0.15, 0.2) is 5.84 Å². The Kier molecular flexibility index (Phi) is 9.21. The second-order valence-electron chi connectivity index (χ2n) is 7.39. The highest BCUT2D eigenvalue weighted by molar-refractivity contribution is 6.10. The Bertz CT molecular complexity index is 898. The molecule has 0 fully saturated rings. The summed E-state index contributed by atoms with van der Waals surface area (Å²) in [7, 11) is 0. The number of aromatic amines is 1. The van der Waals surface area contributed by atoms with Crippen LogP contribution in [0.5, 0.6) is 0 Å². The van der Waals surface area contributed by atoms with Crippen LogP contribution >= 0.6 is 0 Å². The summed E-state index contributed by atoms with van der Waals surface area (Å²) in [6.07, 6.45) is 6.20. The van der Waals surface area contributed by atoms with E-state index in [2.05, 4.69) is 51.2 Å². The van der Waals surface area contributed by atoms with Gasteiger partial charge >= 0.3 is 0 Å². The number of aromatic nitrogens is 2. The maximum atomic E-state index is 8.98. The minimum Gasteiger partial charge on any atom is -0.396 e. The number of hydrazone groups is 1. The zero-order chi connectivity index (χ0) is 21.9. The molecule has 8 nitrogen and oxygen atoms in total. The average molecular weight is 412 g/mol. The standard InChI is InChI=1S/C22H33N7O/c1-6-29(25-15-17(4)10-13-30)12-7-11-24-22(23-5)21-19-14-18(26-16(2)3)8-9-20(19)27-28-21/h7-9,11,14-17,26,30H,5-6,10,12-13H2,1-4H3,(H,27,28)/b11-7-,24-22?,25-15-. The van der Waals surface area contributed by atoms with E-state index in [1.54, 1.807) is 6.20 Å². The fraction of sp³-hybridized carbons (Fsp3) is 0.455. The van der Waals surface area contributed by atoms with Crippen LogP contribution in [0.2, 0.25) is 0 Å². The van der Waals surface area contributed by atoms with Gasteiger partial charge in [-0.05, 0) is 64.1 Å². The van der Waals surface area contributed by atoms with Gasteiger partial charge in [0.2, 0.25) is 0 Å². The van der Waals surface area contributed by atoms with Gasteiger partial charge in [-0.25, -0.2) is 9.98 Å². The fourth-order valence-electron chi connectivity index (χ4n) is 2.82. The molecule has 1 heterocycles. The number of nitrogens with zero attached hydrogens (tertiary/aromatic N) is 5. The van der Waals surface area contributed by atoms with E-state index in [4.69, 9.17) is 5.11 Å². The van der Waals surface area contributed by atoms with Crippen LogP contribution in [0.3, 0.4) is 0 Å². The lowest BCUT2D eigenvalue weighted by Crippen LogP contribution is -2.18. The van der Waals surface area contributed by atoms with E-state index in [1.807, 2.05) is 49.3 Å². The van der Waals surface area contributed by atoms with Crippen molar-refractivity contribution in [2.45, 2.75) is 40.2 Å². The van der Waals surface area contributed by atoms with Crippen LogP contribution in [0.4, 0.5) is 5.69 Å². The summed E-state index contributed by atoms with van der Waals surface area (Å²) in [4.78, 5) is 8.52. The highest BCUT2D eigenvalue weighted by Gasteiger charge is 2.11. The maximum absolute atomic E-state index is 8.98. The lowest BCUT2D eigenvalue weighted by atomic mass is 10.1. The van der Waals surface area contributed by atoms with Crippen LogP contribution in [0.15, 0.2) is 45.6 Å². The first-order chi connectivity index (χ1) is 14.5. The molecule has 8 heteroatoms. The largest absolute Gasteiger partial charge is 0.396 e. The van der Waals surface area contributed by atoms with Crippen molar-refractivity contribution in [3.63, 3.8) is 0 Å². The summed E-state index contributed by atoms with van der Waals surface area (Å²) in [5.74, 6) is 0.702. The maximum Gasteiger partial charge on any atom is 0.180 e. The molecular formula is C22H33N7O. The summed E-state index contributed by atoms with van der Waals surface area (Å²) in [5, 5.41) is 27.1. The molecule has 30 heavy (non-hydrogen) atoms. The third-order valence-corrected chi connectivity index (χ3v) is 4.43. The zero-order valence-electron chi connectivity index (χ0n) is 18.3. The number of benzene rings is 1. The van der Waals surface area contributed by atoms with E-state index >= 15 is 0 Å². The predicted octanol–water partition coefficient (Wildman–Crippen LogP) is 3.67. The van der Waals surface area contributed by atoms with Crippen molar-refractivity contribution >= 4 is 35.4 Å². The monoisotopic (exact) mass is 411 g/mol. The first kappa shape index (κ1) is 23.3. The Labute approximate surface area is 178 Å². The van der Waals surface area contributed by atoms with Crippen LogP contribution in [0.25, 0.3) is 10.9 Å². The number of aliphatic hydroxyl groups excluding tert-OH is 1. The Morgan fingerprint density at radius 1 is 1.37 bits per heavy atom. The number of hydrogen-bond donors (Lipinski definition) is 3. The third-order valence-electron chi connectivity index (χ3n) is 4.43. The number of fused-ring (bicyclic) bond motifs is 1. The van der Waals surface area contributed by atoms with E-state index < -0.39 is 0 Å². The number of aliphatic imine (C=N–C) groups is 2. The van der Waals surface area contributed by atoms with Crippen molar-refractivity contribution in [1.82, 2.24) is 15.2 Å². The molecule has 1 aromatic carbocycles. The van der Waals surface area contributed by atoms with Crippen LogP contribution < -0.4 is 5.32 Å². The number of likely N-dealkylation sites (N-methyl/N-ethyl adjacent to an activating group) is 1. The van der Waals surface area contributed by atoms with Crippen molar-refractivity contribution in [2.24, 2.45) is 21.0 Å². The molecule has 0 bridgehead atoms. The molecule has 1 atom stereocenters. The number of nitrogens with one attached hydrogen (secondary N) is 2. The molecule has 0 amide bonds. The molecule has 0 radical (unpaired) electrons. The first-order valence-corrected chi connectivity index (χ1v) is 10.3. The third kappa shape index (κ3) is 6.81. The summed E-state index contributed by atoms with van der Waals surface area (Å²) in [6, 6.07) is 6.38.